The molecule has 0 spiro atoms. The molecule has 1 saturated heterocycles. The van der Waals surface area contributed by atoms with Crippen molar-refractivity contribution in [1.29, 1.82) is 0 Å². The van der Waals surface area contributed by atoms with Gasteiger partial charge in [-0.2, -0.15) is 0 Å². The van der Waals surface area contributed by atoms with Crippen LogP contribution in [0, 0.1) is 5.92 Å². The van der Waals surface area contributed by atoms with Gasteiger partial charge in [-0.3, -0.25) is 4.99 Å². The molecule has 24 heavy (non-hydrogen) atoms. The Morgan fingerprint density at radius 1 is 1.29 bits per heavy atom. The number of nitrogens with one attached hydrogen (secondary N) is 2. The molecular weight excluding hydrogens is 302 g/mol. The Bertz CT molecular complexity index is 508. The SMILES string of the molecule is CN=C(NCC1CCCO1)NC(C)c1ccc(OCC(C)C)cc1. The third-order valence-corrected chi connectivity index (χ3v) is 4.06. The number of guanidine groups is 1. The lowest BCUT2D eigenvalue weighted by molar-refractivity contribution is 0.113. The topological polar surface area (TPSA) is 54.9 Å². The van der Waals surface area contributed by atoms with E-state index < -0.39 is 0 Å². The molecule has 2 rings (SSSR count). The number of aliphatic imine (C=N–C) groups is 1. The fraction of sp³-hybridized carbons (Fsp3) is 0.632. The van der Waals surface area contributed by atoms with Crippen LogP contribution in [0.25, 0.3) is 0 Å². The number of benzene rings is 1. The average molecular weight is 333 g/mol. The molecule has 0 aromatic heterocycles. The molecule has 0 radical (unpaired) electrons. The molecule has 134 valence electrons. The van der Waals surface area contributed by atoms with Gasteiger partial charge in [0.15, 0.2) is 5.96 Å². The summed E-state index contributed by atoms with van der Waals surface area (Å²) in [5, 5.41) is 6.76. The maximum atomic E-state index is 5.73. The second-order valence-corrected chi connectivity index (χ2v) is 6.73. The van der Waals surface area contributed by atoms with Crippen LogP contribution < -0.4 is 15.4 Å². The molecule has 1 aromatic carbocycles. The van der Waals surface area contributed by atoms with Crippen molar-refractivity contribution in [2.75, 3.05) is 26.8 Å². The summed E-state index contributed by atoms with van der Waals surface area (Å²) in [6.07, 6.45) is 2.58. The Kier molecular flexibility index (Phi) is 7.37. The van der Waals surface area contributed by atoms with Crippen molar-refractivity contribution in [3.8, 4) is 5.75 Å². The van der Waals surface area contributed by atoms with Crippen LogP contribution >= 0.6 is 0 Å². The van der Waals surface area contributed by atoms with Gasteiger partial charge in [0.05, 0.1) is 18.8 Å². The third-order valence-electron chi connectivity index (χ3n) is 4.06. The molecule has 1 heterocycles. The summed E-state index contributed by atoms with van der Waals surface area (Å²) in [5.74, 6) is 2.25. The molecule has 1 aliphatic rings. The molecule has 1 fully saturated rings. The van der Waals surface area contributed by atoms with Crippen molar-refractivity contribution in [3.63, 3.8) is 0 Å². The summed E-state index contributed by atoms with van der Waals surface area (Å²) in [6, 6.07) is 8.41. The van der Waals surface area contributed by atoms with Crippen LogP contribution in [0.3, 0.4) is 0 Å². The van der Waals surface area contributed by atoms with Crippen molar-refractivity contribution in [2.24, 2.45) is 10.9 Å². The smallest absolute Gasteiger partial charge is 0.191 e. The van der Waals surface area contributed by atoms with E-state index in [1.165, 1.54) is 5.56 Å². The number of hydrogen-bond acceptors (Lipinski definition) is 3. The van der Waals surface area contributed by atoms with E-state index in [-0.39, 0.29) is 6.04 Å². The molecule has 2 N–H and O–H groups in total. The zero-order chi connectivity index (χ0) is 17.4. The van der Waals surface area contributed by atoms with Gasteiger partial charge in [-0.15, -0.1) is 0 Å². The quantitative estimate of drug-likeness (QED) is 0.595. The van der Waals surface area contributed by atoms with Gasteiger partial charge in [0.25, 0.3) is 0 Å². The highest BCUT2D eigenvalue weighted by molar-refractivity contribution is 5.80. The van der Waals surface area contributed by atoms with Gasteiger partial charge in [0, 0.05) is 20.2 Å². The molecule has 2 atom stereocenters. The minimum atomic E-state index is 0.167. The van der Waals surface area contributed by atoms with Gasteiger partial charge < -0.3 is 20.1 Å². The van der Waals surface area contributed by atoms with Crippen LogP contribution in [-0.2, 0) is 4.74 Å². The van der Waals surface area contributed by atoms with E-state index in [1.807, 2.05) is 12.1 Å². The zero-order valence-corrected chi connectivity index (χ0v) is 15.3. The predicted molar refractivity (Wildman–Crippen MR) is 98.7 cm³/mol. The van der Waals surface area contributed by atoms with Crippen LogP contribution in [0.1, 0.15) is 45.2 Å². The minimum Gasteiger partial charge on any atom is -0.493 e. The lowest BCUT2D eigenvalue weighted by Gasteiger charge is -2.20. The van der Waals surface area contributed by atoms with Crippen molar-refractivity contribution in [2.45, 2.75) is 45.8 Å². The highest BCUT2D eigenvalue weighted by atomic mass is 16.5. The Morgan fingerprint density at radius 2 is 2.04 bits per heavy atom. The summed E-state index contributed by atoms with van der Waals surface area (Å²) >= 11 is 0. The summed E-state index contributed by atoms with van der Waals surface area (Å²) in [5.41, 5.74) is 1.20. The Labute approximate surface area is 145 Å². The van der Waals surface area contributed by atoms with Crippen molar-refractivity contribution < 1.29 is 9.47 Å². The van der Waals surface area contributed by atoms with Crippen LogP contribution in [0.4, 0.5) is 0 Å². The molecule has 1 aliphatic heterocycles. The molecule has 0 bridgehead atoms. The Morgan fingerprint density at radius 3 is 2.62 bits per heavy atom. The van der Waals surface area contributed by atoms with Crippen molar-refractivity contribution in [3.05, 3.63) is 29.8 Å². The van der Waals surface area contributed by atoms with E-state index in [9.17, 15) is 0 Å². The molecule has 5 heteroatoms. The highest BCUT2D eigenvalue weighted by Gasteiger charge is 2.16. The van der Waals surface area contributed by atoms with Gasteiger partial charge in [-0.1, -0.05) is 26.0 Å². The van der Waals surface area contributed by atoms with Crippen molar-refractivity contribution >= 4 is 5.96 Å². The molecule has 2 unspecified atom stereocenters. The van der Waals surface area contributed by atoms with Gasteiger partial charge in [0.1, 0.15) is 5.75 Å². The summed E-state index contributed by atoms with van der Waals surface area (Å²) in [6.45, 7) is 8.84. The first-order chi connectivity index (χ1) is 11.6. The normalized spacial score (nSPS) is 19.4. The minimum absolute atomic E-state index is 0.167. The number of hydrogen-bond donors (Lipinski definition) is 2. The first-order valence-electron chi connectivity index (χ1n) is 8.90. The fourth-order valence-corrected chi connectivity index (χ4v) is 2.61. The molecular formula is C19H31N3O2. The molecule has 0 aliphatic carbocycles. The third kappa shape index (κ3) is 6.04. The maximum absolute atomic E-state index is 5.73. The first-order valence-corrected chi connectivity index (χ1v) is 8.90. The van der Waals surface area contributed by atoms with Gasteiger partial charge in [0.2, 0.25) is 0 Å². The Balaban J connectivity index is 1.82. The largest absolute Gasteiger partial charge is 0.493 e. The second kappa shape index (κ2) is 9.52. The lowest BCUT2D eigenvalue weighted by atomic mass is 10.1. The Hall–Kier alpha value is -1.75. The van der Waals surface area contributed by atoms with Crippen LogP contribution in [0.2, 0.25) is 0 Å². The number of nitrogens with zero attached hydrogens (tertiary/aromatic N) is 1. The summed E-state index contributed by atoms with van der Waals surface area (Å²) in [4.78, 5) is 4.30. The highest BCUT2D eigenvalue weighted by Crippen LogP contribution is 2.18. The standard InChI is InChI=1S/C19H31N3O2/c1-14(2)13-24-17-9-7-16(8-10-17)15(3)22-19(20-4)21-12-18-6-5-11-23-18/h7-10,14-15,18H,5-6,11-13H2,1-4H3,(H2,20,21,22). The molecule has 0 amide bonds. The van der Waals surface area contributed by atoms with Gasteiger partial charge in [-0.05, 0) is 43.4 Å². The van der Waals surface area contributed by atoms with Gasteiger partial charge in [-0.25, -0.2) is 0 Å². The van der Waals surface area contributed by atoms with Crippen LogP contribution in [-0.4, -0.2) is 38.9 Å². The van der Waals surface area contributed by atoms with Crippen LogP contribution in [0.15, 0.2) is 29.3 Å². The fourth-order valence-electron chi connectivity index (χ4n) is 2.61. The summed E-state index contributed by atoms with van der Waals surface area (Å²) in [7, 11) is 1.79. The van der Waals surface area contributed by atoms with E-state index in [4.69, 9.17) is 9.47 Å². The van der Waals surface area contributed by atoms with E-state index in [1.54, 1.807) is 7.05 Å². The van der Waals surface area contributed by atoms with E-state index >= 15 is 0 Å². The first kappa shape index (κ1) is 18.6. The number of rotatable bonds is 7. The summed E-state index contributed by atoms with van der Waals surface area (Å²) < 4.78 is 11.4. The molecule has 1 aromatic rings. The lowest BCUT2D eigenvalue weighted by Crippen LogP contribution is -2.42. The zero-order valence-electron chi connectivity index (χ0n) is 15.3. The van der Waals surface area contributed by atoms with E-state index in [0.717, 1.165) is 44.3 Å². The van der Waals surface area contributed by atoms with E-state index in [0.29, 0.717) is 12.0 Å². The number of ether oxygens (including phenoxy) is 2. The average Bonchev–Trinajstić information content (AvgIpc) is 3.10. The van der Waals surface area contributed by atoms with Crippen molar-refractivity contribution in [1.82, 2.24) is 10.6 Å². The maximum Gasteiger partial charge on any atom is 0.191 e. The molecule has 0 saturated carbocycles. The van der Waals surface area contributed by atoms with Crippen LogP contribution in [0.5, 0.6) is 5.75 Å². The predicted octanol–water partition coefficient (Wildman–Crippen LogP) is 3.13. The van der Waals surface area contributed by atoms with E-state index in [2.05, 4.69) is 48.5 Å². The second-order valence-electron chi connectivity index (χ2n) is 6.73. The molecule has 5 nitrogen and oxygen atoms in total. The van der Waals surface area contributed by atoms with Gasteiger partial charge >= 0.3 is 0 Å². The monoisotopic (exact) mass is 333 g/mol.